The molecule has 0 aromatic carbocycles. The van der Waals surface area contributed by atoms with Gasteiger partial charge in [-0.15, -0.1) is 0 Å². The molecule has 1 heteroatoms. The maximum Gasteiger partial charge on any atom is 0.0465 e. The van der Waals surface area contributed by atoms with Crippen LogP contribution in [0, 0.1) is 25.2 Å². The van der Waals surface area contributed by atoms with Crippen LogP contribution in [0.15, 0.2) is 0 Å². The van der Waals surface area contributed by atoms with E-state index in [9.17, 15) is 0 Å². The largest absolute Gasteiger partial charge is 0.382 e. The zero-order valence-corrected chi connectivity index (χ0v) is 8.80. The Bertz CT molecular complexity index is 122. The van der Waals surface area contributed by atoms with Crippen molar-refractivity contribution in [2.45, 2.75) is 39.0 Å². The number of rotatable bonds is 6. The van der Waals surface area contributed by atoms with Crippen LogP contribution in [-0.2, 0) is 4.74 Å². The third kappa shape index (κ3) is 4.12. The Labute approximate surface area is 82.9 Å². The highest BCUT2D eigenvalue weighted by Crippen LogP contribution is 2.34. The lowest BCUT2D eigenvalue weighted by molar-refractivity contribution is 0.140. The Morgan fingerprint density at radius 3 is 3.00 bits per heavy atom. The van der Waals surface area contributed by atoms with E-state index >= 15 is 0 Å². The van der Waals surface area contributed by atoms with Gasteiger partial charge < -0.3 is 4.74 Å². The van der Waals surface area contributed by atoms with Crippen LogP contribution in [0.5, 0.6) is 0 Å². The zero-order valence-electron chi connectivity index (χ0n) is 8.80. The van der Waals surface area contributed by atoms with Gasteiger partial charge in [-0.05, 0) is 50.9 Å². The molecule has 1 saturated carbocycles. The molecular weight excluding hydrogens is 160 g/mol. The average Bonchev–Trinajstić information content (AvgIpc) is 2.60. The molecule has 1 aliphatic rings. The monoisotopic (exact) mass is 182 g/mol. The van der Waals surface area contributed by atoms with Crippen molar-refractivity contribution in [3.63, 3.8) is 0 Å². The van der Waals surface area contributed by atoms with Crippen LogP contribution in [-0.4, -0.2) is 13.2 Å². The SMILES string of the molecule is [CH2]CC1C[CH]C(CCCOCC)C1. The fourth-order valence-corrected chi connectivity index (χ4v) is 2.07. The number of hydrogen-bond donors (Lipinski definition) is 0. The van der Waals surface area contributed by atoms with Crippen LogP contribution in [0.3, 0.4) is 0 Å². The van der Waals surface area contributed by atoms with Crippen molar-refractivity contribution in [2.24, 2.45) is 11.8 Å². The first-order valence-corrected chi connectivity index (χ1v) is 5.57. The maximum absolute atomic E-state index is 5.32. The molecule has 1 rings (SSSR count). The molecule has 0 amide bonds. The van der Waals surface area contributed by atoms with Gasteiger partial charge in [0.1, 0.15) is 0 Å². The Hall–Kier alpha value is -0.0400. The van der Waals surface area contributed by atoms with E-state index in [4.69, 9.17) is 4.74 Å². The highest BCUT2D eigenvalue weighted by Gasteiger charge is 2.22. The summed E-state index contributed by atoms with van der Waals surface area (Å²) < 4.78 is 5.32. The molecule has 1 aliphatic carbocycles. The standard InChI is InChI=1S/C12H22O/c1-3-11-7-8-12(10-11)6-5-9-13-4-2/h8,11-12H,1,3-7,9-10H2,2H3. The fraction of sp³-hybridized carbons (Fsp3) is 0.833. The van der Waals surface area contributed by atoms with Gasteiger partial charge in [-0.1, -0.05) is 13.3 Å². The summed E-state index contributed by atoms with van der Waals surface area (Å²) in [5.41, 5.74) is 0. The summed E-state index contributed by atoms with van der Waals surface area (Å²) in [5, 5.41) is 0. The minimum absolute atomic E-state index is 0.854. The van der Waals surface area contributed by atoms with Crippen LogP contribution < -0.4 is 0 Å². The van der Waals surface area contributed by atoms with Crippen LogP contribution in [0.1, 0.15) is 39.0 Å². The summed E-state index contributed by atoms with van der Waals surface area (Å²) in [4.78, 5) is 0. The van der Waals surface area contributed by atoms with Gasteiger partial charge >= 0.3 is 0 Å². The Balaban J connectivity index is 1.97. The summed E-state index contributed by atoms with van der Waals surface area (Å²) in [6, 6.07) is 0. The highest BCUT2D eigenvalue weighted by atomic mass is 16.5. The molecule has 13 heavy (non-hydrogen) atoms. The predicted molar refractivity (Wildman–Crippen MR) is 56.2 cm³/mol. The minimum atomic E-state index is 0.854. The van der Waals surface area contributed by atoms with Crippen molar-refractivity contribution >= 4 is 0 Å². The van der Waals surface area contributed by atoms with Gasteiger partial charge in [0.05, 0.1) is 0 Å². The topological polar surface area (TPSA) is 9.23 Å². The summed E-state index contributed by atoms with van der Waals surface area (Å²) in [5.74, 6) is 1.73. The molecular formula is C12H22O. The third-order valence-corrected chi connectivity index (χ3v) is 2.91. The van der Waals surface area contributed by atoms with Gasteiger partial charge in [0, 0.05) is 13.2 Å². The summed E-state index contributed by atoms with van der Waals surface area (Å²) in [7, 11) is 0. The molecule has 0 bridgehead atoms. The van der Waals surface area contributed by atoms with E-state index in [1.54, 1.807) is 0 Å². The third-order valence-electron chi connectivity index (χ3n) is 2.91. The highest BCUT2D eigenvalue weighted by molar-refractivity contribution is 4.89. The van der Waals surface area contributed by atoms with Crippen molar-refractivity contribution in [1.82, 2.24) is 0 Å². The van der Waals surface area contributed by atoms with E-state index in [-0.39, 0.29) is 0 Å². The maximum atomic E-state index is 5.32. The van der Waals surface area contributed by atoms with E-state index in [0.717, 1.165) is 31.5 Å². The lowest BCUT2D eigenvalue weighted by atomic mass is 9.99. The van der Waals surface area contributed by atoms with Gasteiger partial charge in [0.25, 0.3) is 0 Å². The summed E-state index contributed by atoms with van der Waals surface area (Å²) >= 11 is 0. The van der Waals surface area contributed by atoms with Crippen LogP contribution >= 0.6 is 0 Å². The van der Waals surface area contributed by atoms with Gasteiger partial charge in [-0.25, -0.2) is 0 Å². The first kappa shape index (κ1) is 11.0. The molecule has 76 valence electrons. The second-order valence-corrected chi connectivity index (χ2v) is 3.96. The van der Waals surface area contributed by atoms with E-state index < -0.39 is 0 Å². The molecule has 0 aromatic heterocycles. The first-order valence-electron chi connectivity index (χ1n) is 5.57. The predicted octanol–water partition coefficient (Wildman–Crippen LogP) is 3.26. The lowest BCUT2D eigenvalue weighted by Crippen LogP contribution is -2.00. The van der Waals surface area contributed by atoms with Crippen LogP contribution in [0.25, 0.3) is 0 Å². The zero-order chi connectivity index (χ0) is 9.52. The van der Waals surface area contributed by atoms with Crippen molar-refractivity contribution in [3.05, 3.63) is 13.3 Å². The van der Waals surface area contributed by atoms with Gasteiger partial charge in [-0.3, -0.25) is 0 Å². The molecule has 0 heterocycles. The first-order chi connectivity index (χ1) is 6.36. The van der Waals surface area contributed by atoms with E-state index in [1.807, 2.05) is 0 Å². The molecule has 0 aromatic rings. The second-order valence-electron chi connectivity index (χ2n) is 3.96. The van der Waals surface area contributed by atoms with Gasteiger partial charge in [0.15, 0.2) is 0 Å². The molecule has 1 fully saturated rings. The van der Waals surface area contributed by atoms with Crippen molar-refractivity contribution in [1.29, 1.82) is 0 Å². The van der Waals surface area contributed by atoms with Crippen LogP contribution in [0.4, 0.5) is 0 Å². The normalized spacial score (nSPS) is 28.2. The molecule has 0 N–H and O–H groups in total. The Kier molecular flexibility index (Phi) is 5.45. The lowest BCUT2D eigenvalue weighted by Gasteiger charge is -2.09. The van der Waals surface area contributed by atoms with E-state index in [1.165, 1.54) is 25.7 Å². The molecule has 2 unspecified atom stereocenters. The molecule has 0 spiro atoms. The smallest absolute Gasteiger partial charge is 0.0465 e. The van der Waals surface area contributed by atoms with Gasteiger partial charge in [0.2, 0.25) is 0 Å². The Morgan fingerprint density at radius 1 is 1.54 bits per heavy atom. The quantitative estimate of drug-likeness (QED) is 0.573. The Morgan fingerprint density at radius 2 is 2.38 bits per heavy atom. The van der Waals surface area contributed by atoms with Crippen molar-refractivity contribution in [2.75, 3.05) is 13.2 Å². The molecule has 1 nitrogen and oxygen atoms in total. The minimum Gasteiger partial charge on any atom is -0.382 e. The van der Waals surface area contributed by atoms with E-state index in [2.05, 4.69) is 20.3 Å². The van der Waals surface area contributed by atoms with Crippen LogP contribution in [0.2, 0.25) is 0 Å². The fourth-order valence-electron chi connectivity index (χ4n) is 2.07. The molecule has 0 saturated heterocycles. The second kappa shape index (κ2) is 6.42. The molecule has 2 radical (unpaired) electrons. The van der Waals surface area contributed by atoms with Crippen molar-refractivity contribution < 1.29 is 4.74 Å². The summed E-state index contributed by atoms with van der Waals surface area (Å²) in [6.45, 7) is 7.82. The average molecular weight is 182 g/mol. The van der Waals surface area contributed by atoms with Crippen molar-refractivity contribution in [3.8, 4) is 0 Å². The van der Waals surface area contributed by atoms with E-state index in [0.29, 0.717) is 0 Å². The molecule has 0 aliphatic heterocycles. The molecule has 2 atom stereocenters. The number of ether oxygens (including phenoxy) is 1. The number of hydrogen-bond acceptors (Lipinski definition) is 1. The summed E-state index contributed by atoms with van der Waals surface area (Å²) in [6.07, 6.45) is 8.80. The van der Waals surface area contributed by atoms with Gasteiger partial charge in [-0.2, -0.15) is 0 Å².